The van der Waals surface area contributed by atoms with Crippen molar-refractivity contribution in [3.8, 4) is 29.0 Å². The number of benzene rings is 6. The first-order valence-electron chi connectivity index (χ1n) is 14.0. The second-order valence-corrected chi connectivity index (χ2v) is 10.7. The van der Waals surface area contributed by atoms with Gasteiger partial charge in [0.2, 0.25) is 0 Å². The van der Waals surface area contributed by atoms with Crippen LogP contribution in [0, 0.1) is 22.7 Å². The van der Waals surface area contributed by atoms with E-state index in [0.717, 1.165) is 71.3 Å². The van der Waals surface area contributed by atoms with Crippen molar-refractivity contribution in [2.45, 2.75) is 0 Å². The predicted octanol–water partition coefficient (Wildman–Crippen LogP) is 9.99. The highest BCUT2D eigenvalue weighted by Crippen LogP contribution is 2.45. The summed E-state index contributed by atoms with van der Waals surface area (Å²) in [6.45, 7) is 0. The summed E-state index contributed by atoms with van der Waals surface area (Å²) in [4.78, 5) is 0. The number of aromatic nitrogens is 1. The maximum absolute atomic E-state index is 10.1. The second kappa shape index (κ2) is 8.60. The smallest absolute Gasteiger partial charge is 0.159 e. The minimum Gasteiger partial charge on any atom is -0.456 e. The largest absolute Gasteiger partial charge is 0.456 e. The highest BCUT2D eigenvalue weighted by molar-refractivity contribution is 6.21. The van der Waals surface area contributed by atoms with Crippen molar-refractivity contribution in [3.05, 3.63) is 126 Å². The Morgan fingerprint density at radius 1 is 0.512 bits per heavy atom. The Bertz CT molecular complexity index is 2710. The number of furan rings is 2. The maximum atomic E-state index is 10.1. The summed E-state index contributed by atoms with van der Waals surface area (Å²) in [7, 11) is 0. The van der Waals surface area contributed by atoms with Crippen molar-refractivity contribution < 1.29 is 8.83 Å². The molecule has 43 heavy (non-hydrogen) atoms. The van der Waals surface area contributed by atoms with E-state index in [2.05, 4.69) is 47.0 Å². The lowest BCUT2D eigenvalue weighted by Crippen LogP contribution is -1.94. The number of fused-ring (bicyclic) bond motifs is 9. The summed E-state index contributed by atoms with van der Waals surface area (Å²) in [6, 6.07) is 42.7. The van der Waals surface area contributed by atoms with Crippen molar-refractivity contribution in [2.24, 2.45) is 0 Å². The molecule has 0 aliphatic carbocycles. The second-order valence-electron chi connectivity index (χ2n) is 10.7. The Labute approximate surface area is 244 Å². The molecule has 6 aromatic carbocycles. The van der Waals surface area contributed by atoms with Crippen molar-refractivity contribution in [2.75, 3.05) is 0 Å². The summed E-state index contributed by atoms with van der Waals surface area (Å²) in [5.74, 6) is 0. The van der Waals surface area contributed by atoms with Crippen LogP contribution < -0.4 is 0 Å². The number of hydrogen-bond acceptors (Lipinski definition) is 4. The lowest BCUT2D eigenvalue weighted by atomic mass is 9.94. The van der Waals surface area contributed by atoms with Gasteiger partial charge in [-0.25, -0.2) is 0 Å². The lowest BCUT2D eigenvalue weighted by molar-refractivity contribution is 0.665. The normalized spacial score (nSPS) is 11.7. The third kappa shape index (κ3) is 3.14. The number of para-hydroxylation sites is 3. The first-order chi connectivity index (χ1) is 21.2. The summed E-state index contributed by atoms with van der Waals surface area (Å²) in [5, 5.41) is 25.7. The van der Waals surface area contributed by atoms with Gasteiger partial charge in [-0.2, -0.15) is 10.5 Å². The van der Waals surface area contributed by atoms with Crippen LogP contribution in [0.25, 0.3) is 82.5 Å². The van der Waals surface area contributed by atoms with E-state index in [1.165, 1.54) is 0 Å². The molecular weight excluding hydrogens is 530 g/mol. The van der Waals surface area contributed by atoms with E-state index in [4.69, 9.17) is 8.83 Å². The Kier molecular flexibility index (Phi) is 4.68. The number of rotatable bonds is 2. The molecule has 0 unspecified atom stereocenters. The highest BCUT2D eigenvalue weighted by atomic mass is 16.3. The van der Waals surface area contributed by atoms with Gasteiger partial charge in [-0.1, -0.05) is 66.7 Å². The highest BCUT2D eigenvalue weighted by Gasteiger charge is 2.22. The van der Waals surface area contributed by atoms with E-state index in [1.807, 2.05) is 84.9 Å². The average molecular weight is 550 g/mol. The fourth-order valence-electron chi connectivity index (χ4n) is 6.68. The molecule has 0 aliphatic rings. The molecule has 198 valence electrons. The van der Waals surface area contributed by atoms with Crippen LogP contribution in [0.2, 0.25) is 0 Å². The molecule has 0 fully saturated rings. The van der Waals surface area contributed by atoms with E-state index in [-0.39, 0.29) is 0 Å². The Balaban J connectivity index is 1.42. The van der Waals surface area contributed by atoms with Gasteiger partial charge in [-0.05, 0) is 59.7 Å². The van der Waals surface area contributed by atoms with Gasteiger partial charge in [-0.15, -0.1) is 0 Å². The SMILES string of the molecule is N#Cc1ccc2c(c1)c1ccccc1n2-c1cccc2c1oc1c(C#N)ccc(-c3cccc4oc5ccccc5c34)c12. The van der Waals surface area contributed by atoms with E-state index < -0.39 is 0 Å². The quantitative estimate of drug-likeness (QED) is 0.215. The van der Waals surface area contributed by atoms with Gasteiger partial charge in [-0.3, -0.25) is 0 Å². The van der Waals surface area contributed by atoms with E-state index in [1.54, 1.807) is 0 Å². The molecule has 0 saturated heterocycles. The van der Waals surface area contributed by atoms with E-state index >= 15 is 0 Å². The first-order valence-corrected chi connectivity index (χ1v) is 14.0. The number of nitrogens with zero attached hydrogens (tertiary/aromatic N) is 3. The summed E-state index contributed by atoms with van der Waals surface area (Å²) in [6.07, 6.45) is 0. The third-order valence-electron chi connectivity index (χ3n) is 8.48. The fourth-order valence-corrected chi connectivity index (χ4v) is 6.68. The molecule has 0 saturated carbocycles. The number of nitriles is 2. The Hall–Kier alpha value is -6.30. The Morgan fingerprint density at radius 3 is 2.14 bits per heavy atom. The molecule has 9 rings (SSSR count). The van der Waals surface area contributed by atoms with Gasteiger partial charge in [0, 0.05) is 32.3 Å². The monoisotopic (exact) mass is 549 g/mol. The zero-order chi connectivity index (χ0) is 28.7. The molecule has 9 aromatic rings. The summed E-state index contributed by atoms with van der Waals surface area (Å²) < 4.78 is 15.1. The van der Waals surface area contributed by atoms with Gasteiger partial charge >= 0.3 is 0 Å². The molecular formula is C38H19N3O2. The molecule has 5 nitrogen and oxygen atoms in total. The van der Waals surface area contributed by atoms with Crippen molar-refractivity contribution in [3.63, 3.8) is 0 Å². The van der Waals surface area contributed by atoms with Gasteiger partial charge in [0.15, 0.2) is 11.2 Å². The van der Waals surface area contributed by atoms with Crippen LogP contribution >= 0.6 is 0 Å². The molecule has 0 spiro atoms. The fraction of sp³-hybridized carbons (Fsp3) is 0. The minimum atomic E-state index is 0.478. The van der Waals surface area contributed by atoms with Crippen molar-refractivity contribution >= 4 is 65.7 Å². The molecule has 0 atom stereocenters. The molecule has 0 amide bonds. The van der Waals surface area contributed by atoms with E-state index in [9.17, 15) is 10.5 Å². The van der Waals surface area contributed by atoms with Crippen molar-refractivity contribution in [1.82, 2.24) is 4.57 Å². The molecule has 0 bridgehead atoms. The zero-order valence-electron chi connectivity index (χ0n) is 22.6. The molecule has 3 aromatic heterocycles. The third-order valence-corrected chi connectivity index (χ3v) is 8.48. The predicted molar refractivity (Wildman–Crippen MR) is 170 cm³/mol. The van der Waals surface area contributed by atoms with Gasteiger partial charge in [0.25, 0.3) is 0 Å². The van der Waals surface area contributed by atoms with Crippen LogP contribution in [0.5, 0.6) is 0 Å². The molecule has 0 N–H and O–H groups in total. The van der Waals surface area contributed by atoms with Crippen LogP contribution in [0.4, 0.5) is 0 Å². The zero-order valence-corrected chi connectivity index (χ0v) is 22.6. The maximum Gasteiger partial charge on any atom is 0.159 e. The molecule has 0 aliphatic heterocycles. The standard InChI is InChI=1S/C38H19N3O2/c39-20-22-15-18-31-29(19-22)24-7-1-3-11-30(24)41(31)32-12-5-10-28-36-26(17-16-23(21-40)37(36)43-38(28)32)25-9-6-14-34-35(25)27-8-2-4-13-33(27)42-34/h1-19H. The van der Waals surface area contributed by atoms with Crippen LogP contribution in [0.1, 0.15) is 11.1 Å². The summed E-state index contributed by atoms with van der Waals surface area (Å²) in [5.41, 5.74) is 8.83. The van der Waals surface area contributed by atoms with Crippen LogP contribution in [-0.2, 0) is 0 Å². The van der Waals surface area contributed by atoms with Crippen molar-refractivity contribution in [1.29, 1.82) is 10.5 Å². The Morgan fingerprint density at radius 2 is 1.26 bits per heavy atom. The molecule has 0 radical (unpaired) electrons. The van der Waals surface area contributed by atoms with E-state index in [0.29, 0.717) is 22.3 Å². The first kappa shape index (κ1) is 23.4. The van der Waals surface area contributed by atoms with Gasteiger partial charge in [0.1, 0.15) is 17.2 Å². The lowest BCUT2D eigenvalue weighted by Gasteiger charge is -2.09. The van der Waals surface area contributed by atoms with Gasteiger partial charge < -0.3 is 13.4 Å². The van der Waals surface area contributed by atoms with Crippen LogP contribution in [0.15, 0.2) is 124 Å². The topological polar surface area (TPSA) is 78.8 Å². The minimum absolute atomic E-state index is 0.478. The molecule has 5 heteroatoms. The van der Waals surface area contributed by atoms with Gasteiger partial charge in [0.05, 0.1) is 33.9 Å². The number of hydrogen-bond donors (Lipinski definition) is 0. The summed E-state index contributed by atoms with van der Waals surface area (Å²) >= 11 is 0. The molecule has 3 heterocycles. The average Bonchev–Trinajstić information content (AvgIpc) is 3.74. The van der Waals surface area contributed by atoms with Crippen LogP contribution in [-0.4, -0.2) is 4.57 Å². The van der Waals surface area contributed by atoms with Crippen LogP contribution in [0.3, 0.4) is 0 Å².